The van der Waals surface area contributed by atoms with Crippen LogP contribution in [0.15, 0.2) is 49.1 Å². The monoisotopic (exact) mass is 399 g/mol. The first-order valence-corrected chi connectivity index (χ1v) is 8.25. The average molecular weight is 401 g/mol. The highest BCUT2D eigenvalue weighted by Crippen LogP contribution is 2.36. The van der Waals surface area contributed by atoms with Gasteiger partial charge in [0.15, 0.2) is 0 Å². The zero-order valence-electron chi connectivity index (χ0n) is 10.1. The first-order chi connectivity index (χ1) is 9.20. The summed E-state index contributed by atoms with van der Waals surface area (Å²) in [5.74, 6) is 0.924. The summed E-state index contributed by atoms with van der Waals surface area (Å²) in [6.45, 7) is 0. The fraction of sp³-hybridized carbons (Fsp3) is 0.143. The molecule has 1 unspecified atom stereocenters. The Bertz CT molecular complexity index is 719. The molecular formula is C14H11Br2NOS. The van der Waals surface area contributed by atoms with E-state index >= 15 is 0 Å². The smallest absolute Gasteiger partial charge is 0.148 e. The molecule has 0 bridgehead atoms. The molecule has 0 aliphatic heterocycles. The van der Waals surface area contributed by atoms with Gasteiger partial charge in [0.1, 0.15) is 17.4 Å². The molecular weight excluding hydrogens is 390 g/mol. The lowest BCUT2D eigenvalue weighted by atomic mass is 10.1. The summed E-state index contributed by atoms with van der Waals surface area (Å²) < 4.78 is 8.10. The summed E-state index contributed by atoms with van der Waals surface area (Å²) in [5, 5.41) is 6.49. The van der Waals surface area contributed by atoms with Gasteiger partial charge in [0, 0.05) is 14.7 Å². The predicted molar refractivity (Wildman–Crippen MR) is 86.8 cm³/mol. The van der Waals surface area contributed by atoms with E-state index in [0.717, 1.165) is 25.7 Å². The van der Waals surface area contributed by atoms with Crippen molar-refractivity contribution < 1.29 is 4.42 Å². The Morgan fingerprint density at radius 2 is 2.05 bits per heavy atom. The normalized spacial score (nSPS) is 13.0. The van der Waals surface area contributed by atoms with Crippen molar-refractivity contribution in [1.29, 1.82) is 0 Å². The van der Waals surface area contributed by atoms with Crippen molar-refractivity contribution in [3.63, 3.8) is 0 Å². The Balaban J connectivity index is 2.12. The van der Waals surface area contributed by atoms with Gasteiger partial charge in [-0.2, -0.15) is 0 Å². The Morgan fingerprint density at radius 1 is 1.21 bits per heavy atom. The number of furan rings is 1. The van der Waals surface area contributed by atoms with Crippen molar-refractivity contribution >= 4 is 54.2 Å². The molecule has 2 nitrogen and oxygen atoms in total. The van der Waals surface area contributed by atoms with Crippen LogP contribution in [-0.2, 0) is 0 Å². The Morgan fingerprint density at radius 3 is 2.68 bits per heavy atom. The summed E-state index contributed by atoms with van der Waals surface area (Å²) in [6.07, 6.45) is 0. The third-order valence-electron chi connectivity index (χ3n) is 3.00. The number of rotatable bonds is 3. The number of benzene rings is 1. The molecule has 0 spiro atoms. The maximum absolute atomic E-state index is 6.01. The van der Waals surface area contributed by atoms with Crippen molar-refractivity contribution in [2.75, 3.05) is 7.05 Å². The first kappa shape index (κ1) is 13.4. The van der Waals surface area contributed by atoms with Crippen molar-refractivity contribution in [3.05, 3.63) is 55.3 Å². The maximum Gasteiger partial charge on any atom is 0.148 e. The van der Waals surface area contributed by atoms with Crippen LogP contribution in [0.3, 0.4) is 0 Å². The first-order valence-electron chi connectivity index (χ1n) is 5.79. The molecule has 2 heterocycles. The molecule has 5 heteroatoms. The van der Waals surface area contributed by atoms with E-state index in [1.807, 2.05) is 19.2 Å². The molecule has 0 aliphatic rings. The van der Waals surface area contributed by atoms with Crippen LogP contribution in [-0.4, -0.2) is 7.05 Å². The molecule has 19 heavy (non-hydrogen) atoms. The SMILES string of the molecule is CNC(c1cc2cccc(Br)c2o1)c1sccc1Br. The molecule has 0 saturated heterocycles. The molecule has 2 aromatic heterocycles. The average Bonchev–Trinajstić information content (AvgIpc) is 2.99. The molecule has 0 fully saturated rings. The lowest BCUT2D eigenvalue weighted by molar-refractivity contribution is 0.493. The van der Waals surface area contributed by atoms with Crippen LogP contribution < -0.4 is 5.32 Å². The number of hydrogen-bond donors (Lipinski definition) is 1. The topological polar surface area (TPSA) is 25.2 Å². The number of thiophene rings is 1. The van der Waals surface area contributed by atoms with Crippen LogP contribution in [0, 0.1) is 0 Å². The minimum Gasteiger partial charge on any atom is -0.458 e. The van der Waals surface area contributed by atoms with E-state index in [1.165, 1.54) is 4.88 Å². The van der Waals surface area contributed by atoms with Crippen molar-refractivity contribution in [2.45, 2.75) is 6.04 Å². The van der Waals surface area contributed by atoms with Gasteiger partial charge in [0.05, 0.1) is 4.47 Å². The summed E-state index contributed by atoms with van der Waals surface area (Å²) >= 11 is 8.82. The van der Waals surface area contributed by atoms with Crippen LogP contribution in [0.25, 0.3) is 11.0 Å². The zero-order chi connectivity index (χ0) is 13.4. The summed E-state index contributed by atoms with van der Waals surface area (Å²) in [5.41, 5.74) is 0.894. The number of nitrogens with one attached hydrogen (secondary N) is 1. The molecule has 0 saturated carbocycles. The Labute approximate surface area is 132 Å². The second kappa shape index (κ2) is 5.40. The molecule has 3 aromatic rings. The minimum absolute atomic E-state index is 0.0636. The third kappa shape index (κ3) is 2.40. The van der Waals surface area contributed by atoms with Crippen LogP contribution in [0.2, 0.25) is 0 Å². The van der Waals surface area contributed by atoms with E-state index in [-0.39, 0.29) is 6.04 Å². The van der Waals surface area contributed by atoms with E-state index in [2.05, 4.69) is 60.8 Å². The quantitative estimate of drug-likeness (QED) is 0.642. The maximum atomic E-state index is 6.01. The molecule has 98 valence electrons. The van der Waals surface area contributed by atoms with E-state index in [1.54, 1.807) is 11.3 Å². The Hall–Kier alpha value is -0.620. The molecule has 1 N–H and O–H groups in total. The fourth-order valence-corrected chi connectivity index (χ4v) is 4.28. The summed E-state index contributed by atoms with van der Waals surface area (Å²) in [7, 11) is 1.94. The van der Waals surface area contributed by atoms with E-state index in [4.69, 9.17) is 4.42 Å². The molecule has 0 aliphatic carbocycles. The van der Waals surface area contributed by atoms with E-state index < -0.39 is 0 Å². The van der Waals surface area contributed by atoms with Gasteiger partial charge in [-0.05, 0) is 62.5 Å². The van der Waals surface area contributed by atoms with Crippen molar-refractivity contribution in [2.24, 2.45) is 0 Å². The van der Waals surface area contributed by atoms with Gasteiger partial charge in [-0.15, -0.1) is 11.3 Å². The standard InChI is InChI=1S/C14H11Br2NOS/c1-17-12(14-10(16)5-6-19-14)11-7-8-3-2-4-9(15)13(8)18-11/h2-7,12,17H,1H3. The number of hydrogen-bond acceptors (Lipinski definition) is 3. The van der Waals surface area contributed by atoms with Crippen LogP contribution in [0.5, 0.6) is 0 Å². The highest BCUT2D eigenvalue weighted by molar-refractivity contribution is 9.11. The van der Waals surface area contributed by atoms with Crippen LogP contribution in [0.1, 0.15) is 16.7 Å². The fourth-order valence-electron chi connectivity index (χ4n) is 2.10. The van der Waals surface area contributed by atoms with Gasteiger partial charge in [0.2, 0.25) is 0 Å². The predicted octanol–water partition coefficient (Wildman–Crippen LogP) is 5.33. The lowest BCUT2D eigenvalue weighted by Gasteiger charge is -2.12. The lowest BCUT2D eigenvalue weighted by Crippen LogP contribution is -2.16. The summed E-state index contributed by atoms with van der Waals surface area (Å²) in [6, 6.07) is 10.3. The molecule has 3 rings (SSSR count). The van der Waals surface area contributed by atoms with E-state index in [9.17, 15) is 0 Å². The van der Waals surface area contributed by atoms with Gasteiger partial charge in [-0.25, -0.2) is 0 Å². The van der Waals surface area contributed by atoms with Gasteiger partial charge < -0.3 is 9.73 Å². The van der Waals surface area contributed by atoms with Gasteiger partial charge in [0.25, 0.3) is 0 Å². The molecule has 1 aromatic carbocycles. The van der Waals surface area contributed by atoms with Crippen molar-refractivity contribution in [3.8, 4) is 0 Å². The van der Waals surface area contributed by atoms with Crippen molar-refractivity contribution in [1.82, 2.24) is 5.32 Å². The Kier molecular flexibility index (Phi) is 3.80. The summed E-state index contributed by atoms with van der Waals surface area (Å²) in [4.78, 5) is 1.22. The molecule has 0 radical (unpaired) electrons. The second-order valence-electron chi connectivity index (χ2n) is 4.16. The number of fused-ring (bicyclic) bond motifs is 1. The molecule has 0 amide bonds. The van der Waals surface area contributed by atoms with E-state index in [0.29, 0.717) is 0 Å². The zero-order valence-corrected chi connectivity index (χ0v) is 14.1. The van der Waals surface area contributed by atoms with Crippen LogP contribution in [0.4, 0.5) is 0 Å². The molecule has 1 atom stereocenters. The third-order valence-corrected chi connectivity index (χ3v) is 5.56. The second-order valence-corrected chi connectivity index (χ2v) is 6.82. The highest BCUT2D eigenvalue weighted by atomic mass is 79.9. The van der Waals surface area contributed by atoms with Crippen LogP contribution >= 0.6 is 43.2 Å². The van der Waals surface area contributed by atoms with Gasteiger partial charge >= 0.3 is 0 Å². The number of halogens is 2. The van der Waals surface area contributed by atoms with Gasteiger partial charge in [-0.1, -0.05) is 12.1 Å². The number of para-hydroxylation sites is 1. The minimum atomic E-state index is 0.0636. The van der Waals surface area contributed by atoms with Gasteiger partial charge in [-0.3, -0.25) is 0 Å². The highest BCUT2D eigenvalue weighted by Gasteiger charge is 2.20. The largest absolute Gasteiger partial charge is 0.458 e.